The van der Waals surface area contributed by atoms with Crippen molar-refractivity contribution in [3.8, 4) is 17.1 Å². The molecule has 1 unspecified atom stereocenters. The van der Waals surface area contributed by atoms with Gasteiger partial charge in [-0.15, -0.1) is 10.2 Å². The second kappa shape index (κ2) is 9.04. The Bertz CT molecular complexity index is 1170. The summed E-state index contributed by atoms with van der Waals surface area (Å²) < 4.78 is 12.7. The SMILES string of the molecule is CC(Sc1nnc(COc2ccc(C(C)(C)C)cc2)n1N)c1nc(-c2ccccc2)no1. The molecule has 2 N–H and O–H groups in total. The van der Waals surface area contributed by atoms with Gasteiger partial charge in [0, 0.05) is 5.56 Å². The standard InChI is InChI=1S/C23H26N6O2S/c1-15(21-25-20(28-31-21)16-8-6-5-7-9-16)32-22-27-26-19(29(22)24)14-30-18-12-10-17(11-13-18)23(2,3)4/h5-13,15H,14,24H2,1-4H3. The zero-order valence-corrected chi connectivity index (χ0v) is 19.3. The molecular weight excluding hydrogens is 424 g/mol. The maximum Gasteiger partial charge on any atom is 0.240 e. The lowest BCUT2D eigenvalue weighted by molar-refractivity contribution is 0.291. The summed E-state index contributed by atoms with van der Waals surface area (Å²) in [6, 6.07) is 17.7. The quantitative estimate of drug-likeness (QED) is 0.317. The molecule has 0 bridgehead atoms. The second-order valence-electron chi connectivity index (χ2n) is 8.41. The summed E-state index contributed by atoms with van der Waals surface area (Å²) in [5.41, 5.74) is 2.24. The number of nitrogens with zero attached hydrogens (tertiary/aromatic N) is 5. The third-order valence-corrected chi connectivity index (χ3v) is 5.97. The molecule has 2 heterocycles. The van der Waals surface area contributed by atoms with E-state index in [0.29, 0.717) is 22.7 Å². The van der Waals surface area contributed by atoms with Gasteiger partial charge < -0.3 is 15.1 Å². The number of ether oxygens (including phenoxy) is 1. The fourth-order valence-electron chi connectivity index (χ4n) is 3.00. The van der Waals surface area contributed by atoms with Crippen molar-refractivity contribution in [3.63, 3.8) is 0 Å². The molecule has 1 atom stereocenters. The van der Waals surface area contributed by atoms with Crippen LogP contribution in [0.5, 0.6) is 5.75 Å². The fraction of sp³-hybridized carbons (Fsp3) is 0.304. The molecule has 166 valence electrons. The minimum Gasteiger partial charge on any atom is -0.486 e. The molecular formula is C23H26N6O2S. The monoisotopic (exact) mass is 450 g/mol. The van der Waals surface area contributed by atoms with Crippen molar-refractivity contribution >= 4 is 11.8 Å². The molecule has 4 aromatic rings. The van der Waals surface area contributed by atoms with Crippen molar-refractivity contribution in [3.05, 3.63) is 71.9 Å². The Kier molecular flexibility index (Phi) is 6.18. The van der Waals surface area contributed by atoms with Crippen molar-refractivity contribution in [2.45, 2.75) is 50.1 Å². The lowest BCUT2D eigenvalue weighted by atomic mass is 9.87. The van der Waals surface area contributed by atoms with Crippen molar-refractivity contribution in [1.29, 1.82) is 0 Å². The Balaban J connectivity index is 1.38. The summed E-state index contributed by atoms with van der Waals surface area (Å²) in [5.74, 6) is 8.52. The molecule has 0 radical (unpaired) electrons. The van der Waals surface area contributed by atoms with E-state index in [1.54, 1.807) is 0 Å². The van der Waals surface area contributed by atoms with Crippen LogP contribution in [-0.4, -0.2) is 25.0 Å². The number of hydrogen-bond donors (Lipinski definition) is 1. The highest BCUT2D eigenvalue weighted by Gasteiger charge is 2.21. The van der Waals surface area contributed by atoms with Gasteiger partial charge in [0.05, 0.1) is 5.25 Å². The molecule has 2 aromatic carbocycles. The molecule has 9 heteroatoms. The Labute approximate surface area is 191 Å². The van der Waals surface area contributed by atoms with Gasteiger partial charge in [0.25, 0.3) is 0 Å². The van der Waals surface area contributed by atoms with Crippen molar-refractivity contribution in [1.82, 2.24) is 25.0 Å². The predicted octanol–water partition coefficient (Wildman–Crippen LogP) is 4.77. The van der Waals surface area contributed by atoms with E-state index >= 15 is 0 Å². The number of aromatic nitrogens is 5. The number of hydrogen-bond acceptors (Lipinski definition) is 8. The Hall–Kier alpha value is -3.33. The molecule has 0 amide bonds. The largest absolute Gasteiger partial charge is 0.486 e. The minimum atomic E-state index is -0.148. The maximum absolute atomic E-state index is 6.20. The lowest BCUT2D eigenvalue weighted by Gasteiger charge is -2.19. The van der Waals surface area contributed by atoms with Crippen molar-refractivity contribution in [2.75, 3.05) is 5.84 Å². The summed E-state index contributed by atoms with van der Waals surface area (Å²) in [5, 5.41) is 12.8. The normalized spacial score (nSPS) is 12.6. The average Bonchev–Trinajstić information content (AvgIpc) is 3.41. The fourth-order valence-corrected chi connectivity index (χ4v) is 3.82. The van der Waals surface area contributed by atoms with E-state index in [9.17, 15) is 0 Å². The molecule has 2 aromatic heterocycles. The molecule has 0 fully saturated rings. The van der Waals surface area contributed by atoms with Gasteiger partial charge in [-0.05, 0) is 30.0 Å². The predicted molar refractivity (Wildman–Crippen MR) is 124 cm³/mol. The van der Waals surface area contributed by atoms with Crippen molar-refractivity contribution < 1.29 is 9.26 Å². The summed E-state index contributed by atoms with van der Waals surface area (Å²) >= 11 is 1.39. The van der Waals surface area contributed by atoms with Gasteiger partial charge in [-0.2, -0.15) is 4.98 Å². The highest BCUT2D eigenvalue weighted by Crippen LogP contribution is 2.33. The van der Waals surface area contributed by atoms with Crippen LogP contribution in [0.2, 0.25) is 0 Å². The van der Waals surface area contributed by atoms with Crippen LogP contribution in [0.4, 0.5) is 0 Å². The van der Waals surface area contributed by atoms with Crippen LogP contribution in [0, 0.1) is 0 Å². The summed E-state index contributed by atoms with van der Waals surface area (Å²) in [6.45, 7) is 8.70. The number of nitrogen functional groups attached to an aromatic ring is 1. The Morgan fingerprint density at radius 1 is 1.06 bits per heavy atom. The van der Waals surface area contributed by atoms with Gasteiger partial charge in [0.15, 0.2) is 5.82 Å². The smallest absolute Gasteiger partial charge is 0.240 e. The van der Waals surface area contributed by atoms with E-state index in [1.807, 2.05) is 49.4 Å². The molecule has 32 heavy (non-hydrogen) atoms. The lowest BCUT2D eigenvalue weighted by Crippen LogP contribution is -2.16. The van der Waals surface area contributed by atoms with Crippen LogP contribution in [-0.2, 0) is 12.0 Å². The van der Waals surface area contributed by atoms with Crippen LogP contribution in [0.1, 0.15) is 50.2 Å². The number of rotatable bonds is 7. The molecule has 0 aliphatic carbocycles. The Morgan fingerprint density at radius 2 is 1.78 bits per heavy atom. The summed E-state index contributed by atoms with van der Waals surface area (Å²) in [7, 11) is 0. The number of nitrogens with two attached hydrogens (primary N) is 1. The van der Waals surface area contributed by atoms with Crippen LogP contribution in [0.25, 0.3) is 11.4 Å². The van der Waals surface area contributed by atoms with Gasteiger partial charge in [-0.25, -0.2) is 4.68 Å². The van der Waals surface area contributed by atoms with Crippen LogP contribution in [0.15, 0.2) is 64.3 Å². The first-order valence-corrected chi connectivity index (χ1v) is 11.2. The number of thioether (sulfide) groups is 1. The van der Waals surface area contributed by atoms with Gasteiger partial charge in [-0.3, -0.25) is 0 Å². The summed E-state index contributed by atoms with van der Waals surface area (Å²) in [6.07, 6.45) is 0. The van der Waals surface area contributed by atoms with Gasteiger partial charge in [0.1, 0.15) is 12.4 Å². The van der Waals surface area contributed by atoms with E-state index < -0.39 is 0 Å². The third kappa shape index (κ3) is 4.94. The zero-order valence-electron chi connectivity index (χ0n) is 18.5. The number of benzene rings is 2. The average molecular weight is 451 g/mol. The van der Waals surface area contributed by atoms with Crippen LogP contribution in [0.3, 0.4) is 0 Å². The molecule has 0 spiro atoms. The van der Waals surface area contributed by atoms with Crippen molar-refractivity contribution in [2.24, 2.45) is 0 Å². The molecule has 0 aliphatic rings. The van der Waals surface area contributed by atoms with Crippen LogP contribution >= 0.6 is 11.8 Å². The van der Waals surface area contributed by atoms with E-state index in [4.69, 9.17) is 15.1 Å². The van der Waals surface area contributed by atoms with E-state index in [-0.39, 0.29) is 17.3 Å². The minimum absolute atomic E-state index is 0.0962. The molecule has 4 rings (SSSR count). The van der Waals surface area contributed by atoms with Gasteiger partial charge in [-0.1, -0.05) is 80.2 Å². The van der Waals surface area contributed by atoms with E-state index in [0.717, 1.165) is 11.3 Å². The molecule has 8 nitrogen and oxygen atoms in total. The van der Waals surface area contributed by atoms with E-state index in [2.05, 4.69) is 53.2 Å². The third-order valence-electron chi connectivity index (χ3n) is 4.93. The van der Waals surface area contributed by atoms with Gasteiger partial charge >= 0.3 is 0 Å². The molecule has 0 saturated carbocycles. The van der Waals surface area contributed by atoms with Gasteiger partial charge in [0.2, 0.25) is 16.9 Å². The second-order valence-corrected chi connectivity index (χ2v) is 9.72. The first-order valence-electron chi connectivity index (χ1n) is 10.3. The van der Waals surface area contributed by atoms with Crippen LogP contribution < -0.4 is 10.6 Å². The highest BCUT2D eigenvalue weighted by atomic mass is 32.2. The molecule has 0 aliphatic heterocycles. The topological polar surface area (TPSA) is 105 Å². The maximum atomic E-state index is 6.20. The summed E-state index contributed by atoms with van der Waals surface area (Å²) in [4.78, 5) is 4.49. The Morgan fingerprint density at radius 3 is 2.47 bits per heavy atom. The first-order chi connectivity index (χ1) is 15.3. The molecule has 0 saturated heterocycles. The zero-order chi connectivity index (χ0) is 22.7. The highest BCUT2D eigenvalue weighted by molar-refractivity contribution is 7.99. The first kappa shape index (κ1) is 21.9. The van der Waals surface area contributed by atoms with E-state index in [1.165, 1.54) is 22.0 Å².